The van der Waals surface area contributed by atoms with Crippen LogP contribution in [0.4, 0.5) is 5.69 Å². The van der Waals surface area contributed by atoms with E-state index in [0.29, 0.717) is 11.6 Å². The molecule has 116 valence electrons. The van der Waals surface area contributed by atoms with E-state index in [9.17, 15) is 4.79 Å². The molecule has 3 rings (SSSR count). The molecule has 1 fully saturated rings. The summed E-state index contributed by atoms with van der Waals surface area (Å²) >= 11 is 0. The van der Waals surface area contributed by atoms with Gasteiger partial charge in [-0.15, -0.1) is 0 Å². The highest BCUT2D eigenvalue weighted by molar-refractivity contribution is 5.97. The summed E-state index contributed by atoms with van der Waals surface area (Å²) in [5, 5.41) is 10.4. The Labute approximate surface area is 128 Å². The van der Waals surface area contributed by atoms with Crippen molar-refractivity contribution in [3.8, 4) is 17.0 Å². The Kier molecular flexibility index (Phi) is 4.11. The zero-order chi connectivity index (χ0) is 15.5. The predicted molar refractivity (Wildman–Crippen MR) is 83.1 cm³/mol. The lowest BCUT2D eigenvalue weighted by Gasteiger charge is -2.10. The van der Waals surface area contributed by atoms with E-state index in [0.717, 1.165) is 35.5 Å². The lowest BCUT2D eigenvalue weighted by atomic mass is 10.1. The van der Waals surface area contributed by atoms with Crippen molar-refractivity contribution in [2.24, 2.45) is 0 Å². The van der Waals surface area contributed by atoms with Gasteiger partial charge in [-0.3, -0.25) is 9.89 Å². The van der Waals surface area contributed by atoms with Crippen LogP contribution in [-0.2, 0) is 9.53 Å². The minimum absolute atomic E-state index is 0.0145. The third-order valence-corrected chi connectivity index (χ3v) is 3.68. The van der Waals surface area contributed by atoms with Gasteiger partial charge < -0.3 is 14.8 Å². The van der Waals surface area contributed by atoms with Crippen molar-refractivity contribution in [3.05, 3.63) is 30.0 Å². The van der Waals surface area contributed by atoms with Gasteiger partial charge in [-0.25, -0.2) is 0 Å². The summed E-state index contributed by atoms with van der Waals surface area (Å²) in [6, 6.07) is 7.63. The molecule has 0 spiro atoms. The Bertz CT molecular complexity index is 677. The standard InChI is InChI=1S/C16H19N3O3/c1-21-9-13(20)17-16-14(10-7-8-10)18-19-15(16)11-5-3-4-6-12(11)22-2/h3-6,10H,7-9H2,1-2H3,(H,17,20)(H,18,19). The molecule has 1 saturated carbocycles. The van der Waals surface area contributed by atoms with Gasteiger partial charge in [0.15, 0.2) is 0 Å². The molecule has 1 amide bonds. The van der Waals surface area contributed by atoms with Gasteiger partial charge in [0.1, 0.15) is 18.1 Å². The van der Waals surface area contributed by atoms with Crippen molar-refractivity contribution in [1.82, 2.24) is 10.2 Å². The van der Waals surface area contributed by atoms with E-state index in [1.54, 1.807) is 7.11 Å². The molecule has 22 heavy (non-hydrogen) atoms. The molecule has 6 heteroatoms. The number of para-hydroxylation sites is 1. The summed E-state index contributed by atoms with van der Waals surface area (Å²) in [6.07, 6.45) is 2.22. The average Bonchev–Trinajstić information content (AvgIpc) is 3.29. The first kappa shape index (κ1) is 14.6. The third kappa shape index (κ3) is 2.82. The van der Waals surface area contributed by atoms with Crippen LogP contribution in [-0.4, -0.2) is 36.9 Å². The second-order valence-electron chi connectivity index (χ2n) is 5.32. The molecule has 1 aliphatic rings. The van der Waals surface area contributed by atoms with Crippen LogP contribution in [0.3, 0.4) is 0 Å². The molecule has 6 nitrogen and oxygen atoms in total. The zero-order valence-electron chi connectivity index (χ0n) is 12.7. The highest BCUT2D eigenvalue weighted by Gasteiger charge is 2.31. The Morgan fingerprint density at radius 3 is 2.82 bits per heavy atom. The minimum atomic E-state index is -0.193. The van der Waals surface area contributed by atoms with Gasteiger partial charge in [0.25, 0.3) is 0 Å². The third-order valence-electron chi connectivity index (χ3n) is 3.68. The topological polar surface area (TPSA) is 76.2 Å². The number of ether oxygens (including phenoxy) is 2. The van der Waals surface area contributed by atoms with Crippen LogP contribution in [0.5, 0.6) is 5.75 Å². The predicted octanol–water partition coefficient (Wildman–Crippen LogP) is 2.55. The van der Waals surface area contributed by atoms with Gasteiger partial charge >= 0.3 is 0 Å². The number of aromatic amines is 1. The summed E-state index contributed by atoms with van der Waals surface area (Å²) in [5.41, 5.74) is 3.25. The SMILES string of the molecule is COCC(=O)Nc1c(-c2ccccc2OC)n[nH]c1C1CC1. The quantitative estimate of drug-likeness (QED) is 0.859. The Hall–Kier alpha value is -2.34. The Morgan fingerprint density at radius 2 is 2.14 bits per heavy atom. The van der Waals surface area contributed by atoms with Crippen LogP contribution in [0.2, 0.25) is 0 Å². The van der Waals surface area contributed by atoms with E-state index >= 15 is 0 Å². The number of hydrogen-bond donors (Lipinski definition) is 2. The maximum absolute atomic E-state index is 11.9. The first-order valence-electron chi connectivity index (χ1n) is 7.25. The van der Waals surface area contributed by atoms with E-state index in [1.807, 2.05) is 24.3 Å². The number of carbonyl (C=O) groups excluding carboxylic acids is 1. The molecule has 0 radical (unpaired) electrons. The largest absolute Gasteiger partial charge is 0.496 e. The highest BCUT2D eigenvalue weighted by atomic mass is 16.5. The number of anilines is 1. The number of nitrogens with zero attached hydrogens (tertiary/aromatic N) is 1. The molecule has 0 aliphatic heterocycles. The van der Waals surface area contributed by atoms with Gasteiger partial charge in [-0.1, -0.05) is 12.1 Å². The minimum Gasteiger partial charge on any atom is -0.496 e. The fraction of sp³-hybridized carbons (Fsp3) is 0.375. The number of methoxy groups -OCH3 is 2. The number of hydrogen-bond acceptors (Lipinski definition) is 4. The monoisotopic (exact) mass is 301 g/mol. The first-order valence-corrected chi connectivity index (χ1v) is 7.25. The maximum Gasteiger partial charge on any atom is 0.250 e. The summed E-state index contributed by atoms with van der Waals surface area (Å²) in [4.78, 5) is 11.9. The van der Waals surface area contributed by atoms with Crippen LogP contribution < -0.4 is 10.1 Å². The molecule has 1 aromatic heterocycles. The lowest BCUT2D eigenvalue weighted by Crippen LogP contribution is -2.18. The van der Waals surface area contributed by atoms with Crippen LogP contribution >= 0.6 is 0 Å². The zero-order valence-corrected chi connectivity index (χ0v) is 12.7. The van der Waals surface area contributed by atoms with Gasteiger partial charge in [-0.2, -0.15) is 5.10 Å². The fourth-order valence-electron chi connectivity index (χ4n) is 2.49. The fourth-order valence-corrected chi connectivity index (χ4v) is 2.49. The number of carbonyl (C=O) groups is 1. The molecule has 2 aromatic rings. The van der Waals surface area contributed by atoms with Crippen LogP contribution in [0.1, 0.15) is 24.5 Å². The number of rotatable bonds is 6. The molecule has 1 aliphatic carbocycles. The average molecular weight is 301 g/mol. The summed E-state index contributed by atoms with van der Waals surface area (Å²) < 4.78 is 10.3. The number of nitrogens with one attached hydrogen (secondary N) is 2. The van der Waals surface area contributed by atoms with Gasteiger partial charge in [0, 0.05) is 18.6 Å². The molecule has 0 bridgehead atoms. The van der Waals surface area contributed by atoms with E-state index in [-0.39, 0.29) is 12.5 Å². The van der Waals surface area contributed by atoms with Crippen molar-refractivity contribution >= 4 is 11.6 Å². The van der Waals surface area contributed by atoms with Crippen molar-refractivity contribution < 1.29 is 14.3 Å². The van der Waals surface area contributed by atoms with Crippen LogP contribution in [0, 0.1) is 0 Å². The van der Waals surface area contributed by atoms with E-state index < -0.39 is 0 Å². The van der Waals surface area contributed by atoms with Gasteiger partial charge in [0.05, 0.1) is 18.5 Å². The molecule has 1 aromatic carbocycles. The number of H-pyrrole nitrogens is 1. The smallest absolute Gasteiger partial charge is 0.250 e. The summed E-state index contributed by atoms with van der Waals surface area (Å²) in [6.45, 7) is 0.0145. The molecule has 0 saturated heterocycles. The number of aromatic nitrogens is 2. The second kappa shape index (κ2) is 6.19. The Morgan fingerprint density at radius 1 is 1.36 bits per heavy atom. The molecular formula is C16H19N3O3. The van der Waals surface area contributed by atoms with E-state index in [1.165, 1.54) is 7.11 Å². The highest BCUT2D eigenvalue weighted by Crippen LogP contribution is 2.46. The summed E-state index contributed by atoms with van der Waals surface area (Å²) in [7, 11) is 3.12. The van der Waals surface area contributed by atoms with Crippen molar-refractivity contribution in [2.75, 3.05) is 26.1 Å². The van der Waals surface area contributed by atoms with Crippen LogP contribution in [0.15, 0.2) is 24.3 Å². The van der Waals surface area contributed by atoms with Crippen molar-refractivity contribution in [3.63, 3.8) is 0 Å². The van der Waals surface area contributed by atoms with Crippen LogP contribution in [0.25, 0.3) is 11.3 Å². The Balaban J connectivity index is 2.01. The van der Waals surface area contributed by atoms with Gasteiger partial charge in [-0.05, 0) is 25.0 Å². The number of amides is 1. The summed E-state index contributed by atoms with van der Waals surface area (Å²) in [5.74, 6) is 0.967. The van der Waals surface area contributed by atoms with Crippen molar-refractivity contribution in [1.29, 1.82) is 0 Å². The molecule has 1 heterocycles. The van der Waals surface area contributed by atoms with E-state index in [4.69, 9.17) is 9.47 Å². The molecule has 0 atom stereocenters. The van der Waals surface area contributed by atoms with Gasteiger partial charge in [0.2, 0.25) is 5.91 Å². The maximum atomic E-state index is 11.9. The van der Waals surface area contributed by atoms with E-state index in [2.05, 4.69) is 15.5 Å². The molecular weight excluding hydrogens is 282 g/mol. The van der Waals surface area contributed by atoms with Crippen molar-refractivity contribution in [2.45, 2.75) is 18.8 Å². The second-order valence-corrected chi connectivity index (χ2v) is 5.32. The molecule has 2 N–H and O–H groups in total. The lowest BCUT2D eigenvalue weighted by molar-refractivity contribution is -0.119. The normalized spacial score (nSPS) is 13.9. The number of benzene rings is 1. The molecule has 0 unspecified atom stereocenters. The first-order chi connectivity index (χ1) is 10.7.